The van der Waals surface area contributed by atoms with Gasteiger partial charge < -0.3 is 10.4 Å². The van der Waals surface area contributed by atoms with Crippen LogP contribution in [0.1, 0.15) is 29.8 Å². The van der Waals surface area contributed by atoms with Crippen LogP contribution in [-0.2, 0) is 21.0 Å². The van der Waals surface area contributed by atoms with E-state index in [0.29, 0.717) is 0 Å². The first kappa shape index (κ1) is 26.0. The van der Waals surface area contributed by atoms with E-state index in [1.54, 1.807) is 17.9 Å². The molecule has 1 heterocycles. The summed E-state index contributed by atoms with van der Waals surface area (Å²) >= 11 is -0.625. The van der Waals surface area contributed by atoms with E-state index in [2.05, 4.69) is 5.32 Å². The second-order valence-corrected chi connectivity index (χ2v) is 8.78. The average molecular weight is 569 g/mol. The van der Waals surface area contributed by atoms with Crippen molar-refractivity contribution < 1.29 is 37.5 Å². The summed E-state index contributed by atoms with van der Waals surface area (Å²) in [5.74, 6) is -5.37. The lowest BCUT2D eigenvalue weighted by atomic mass is 10.0. The van der Waals surface area contributed by atoms with Gasteiger partial charge in [-0.25, -0.2) is 23.7 Å². The number of nitrogens with zero attached hydrogens (tertiary/aromatic N) is 1. The van der Waals surface area contributed by atoms with Gasteiger partial charge in [0.05, 0.1) is 43.8 Å². The average Bonchev–Trinajstić information content (AvgIpc) is 2.77. The number of benzene rings is 1. The molecule has 0 bridgehead atoms. The van der Waals surface area contributed by atoms with Gasteiger partial charge in [-0.2, -0.15) is 0 Å². The largest absolute Gasteiger partial charge is 0.394 e. The van der Waals surface area contributed by atoms with Crippen molar-refractivity contribution in [3.05, 3.63) is 50.5 Å². The zero-order valence-corrected chi connectivity index (χ0v) is 19.7. The molecule has 3 N–H and O–H groups in total. The Bertz CT molecular complexity index is 966. The zero-order valence-electron chi connectivity index (χ0n) is 17.5. The van der Waals surface area contributed by atoms with Gasteiger partial charge in [-0.15, -0.1) is 0 Å². The van der Waals surface area contributed by atoms with E-state index >= 15 is 4.39 Å². The van der Waals surface area contributed by atoms with E-state index in [1.807, 2.05) is 5.48 Å². The summed E-state index contributed by atoms with van der Waals surface area (Å²) < 4.78 is 47.1. The third kappa shape index (κ3) is 6.37. The van der Waals surface area contributed by atoms with Crippen molar-refractivity contribution in [2.24, 2.45) is 5.92 Å². The summed E-state index contributed by atoms with van der Waals surface area (Å²) in [5, 5.41) is 12.1. The molecule has 1 aromatic rings. The van der Waals surface area contributed by atoms with Crippen LogP contribution in [-0.4, -0.2) is 46.3 Å². The molecule has 0 saturated carbocycles. The topological polar surface area (TPSA) is 100 Å². The fraction of sp³-hybridized carbons (Fsp3) is 0.350. The number of carbonyl (C=O) groups excluding carboxylic acids is 2. The first-order valence-corrected chi connectivity index (χ1v) is 11.9. The van der Waals surface area contributed by atoms with Gasteiger partial charge in [0.1, 0.15) is 0 Å². The predicted molar refractivity (Wildman–Crippen MR) is 120 cm³/mol. The number of hydrogen-bond acceptors (Lipinski definition) is 6. The minimum atomic E-state index is -1.45. The SMILES string of the molecule is CON(Cc1cc(C(=O)NOCCO)c(NC2=C(F)C=IC=C2)c(F)c1F)C(=O)C(C)C. The van der Waals surface area contributed by atoms with Crippen LogP contribution in [0, 0.1) is 17.6 Å². The number of amides is 2. The highest BCUT2D eigenvalue weighted by Gasteiger charge is 2.27. The van der Waals surface area contributed by atoms with Crippen LogP contribution in [0.25, 0.3) is 0 Å². The Labute approximate surface area is 192 Å². The molecule has 0 fully saturated rings. The van der Waals surface area contributed by atoms with Crippen molar-refractivity contribution in [3.63, 3.8) is 0 Å². The van der Waals surface area contributed by atoms with Gasteiger partial charge in [-0.05, 0) is 16.2 Å². The van der Waals surface area contributed by atoms with Crippen LogP contribution >= 0.6 is 20.7 Å². The Kier molecular flexibility index (Phi) is 9.81. The van der Waals surface area contributed by atoms with Crippen molar-refractivity contribution in [1.29, 1.82) is 0 Å². The number of aliphatic hydroxyl groups is 1. The molecule has 2 amide bonds. The maximum atomic E-state index is 15.1. The number of carbonyl (C=O) groups is 2. The number of nitrogens with one attached hydrogen (secondary N) is 2. The van der Waals surface area contributed by atoms with Crippen molar-refractivity contribution >= 4 is 42.2 Å². The summed E-state index contributed by atoms with van der Waals surface area (Å²) in [4.78, 5) is 34.6. The molecule has 1 aromatic carbocycles. The highest BCUT2D eigenvalue weighted by Crippen LogP contribution is 2.30. The molecule has 0 radical (unpaired) electrons. The van der Waals surface area contributed by atoms with Crippen LogP contribution in [0.15, 0.2) is 27.7 Å². The summed E-state index contributed by atoms with van der Waals surface area (Å²) in [6.45, 7) is 2.09. The monoisotopic (exact) mass is 569 g/mol. The van der Waals surface area contributed by atoms with Crippen LogP contribution in [0.4, 0.5) is 18.9 Å². The van der Waals surface area contributed by atoms with Gasteiger partial charge in [-0.1, -0.05) is 34.6 Å². The van der Waals surface area contributed by atoms with Crippen LogP contribution in [0.3, 0.4) is 0 Å². The fourth-order valence-electron chi connectivity index (χ4n) is 2.55. The van der Waals surface area contributed by atoms with Gasteiger partial charge in [0, 0.05) is 15.5 Å². The van der Waals surface area contributed by atoms with Crippen LogP contribution in [0.5, 0.6) is 0 Å². The second-order valence-electron chi connectivity index (χ2n) is 6.72. The minimum Gasteiger partial charge on any atom is -0.394 e. The lowest BCUT2D eigenvalue weighted by Gasteiger charge is -2.23. The van der Waals surface area contributed by atoms with Gasteiger partial charge in [-0.3, -0.25) is 19.3 Å². The zero-order chi connectivity index (χ0) is 23.8. The van der Waals surface area contributed by atoms with Crippen molar-refractivity contribution in [3.8, 4) is 0 Å². The molecular weight excluding hydrogens is 546 g/mol. The van der Waals surface area contributed by atoms with Crippen molar-refractivity contribution in [2.45, 2.75) is 20.4 Å². The summed E-state index contributed by atoms with van der Waals surface area (Å²) in [6.07, 6.45) is 1.38. The van der Waals surface area contributed by atoms with Crippen LogP contribution in [0.2, 0.25) is 0 Å². The van der Waals surface area contributed by atoms with Crippen molar-refractivity contribution in [2.75, 3.05) is 25.6 Å². The number of aliphatic hydroxyl groups excluding tert-OH is 1. The lowest BCUT2D eigenvalue weighted by Crippen LogP contribution is -2.33. The smallest absolute Gasteiger partial charge is 0.277 e. The molecule has 0 aromatic heterocycles. The normalized spacial score (nSPS) is 13.2. The van der Waals surface area contributed by atoms with E-state index in [9.17, 15) is 18.4 Å². The molecule has 8 nitrogen and oxygen atoms in total. The Hall–Kier alpha value is -2.29. The number of hydroxylamine groups is 3. The quantitative estimate of drug-likeness (QED) is 0.228. The van der Waals surface area contributed by atoms with E-state index in [-0.39, 0.29) is 17.9 Å². The molecule has 2 rings (SSSR count). The Balaban J connectivity index is 2.51. The molecule has 176 valence electrons. The molecular formula is C20H23F3IN3O5. The number of halogens is 4. The molecule has 0 aliphatic carbocycles. The maximum Gasteiger partial charge on any atom is 0.277 e. The molecule has 32 heavy (non-hydrogen) atoms. The van der Waals surface area contributed by atoms with Crippen LogP contribution < -0.4 is 10.8 Å². The first-order chi connectivity index (χ1) is 15.2. The van der Waals surface area contributed by atoms with Crippen molar-refractivity contribution in [1.82, 2.24) is 10.5 Å². The highest BCUT2D eigenvalue weighted by molar-refractivity contribution is 14.2. The molecule has 1 aliphatic rings. The molecule has 0 atom stereocenters. The third-order valence-electron chi connectivity index (χ3n) is 4.14. The lowest BCUT2D eigenvalue weighted by molar-refractivity contribution is -0.183. The summed E-state index contributed by atoms with van der Waals surface area (Å²) in [5.41, 5.74) is 0.502. The van der Waals surface area contributed by atoms with E-state index < -0.39 is 80.3 Å². The van der Waals surface area contributed by atoms with E-state index in [0.717, 1.165) is 11.1 Å². The predicted octanol–water partition coefficient (Wildman–Crippen LogP) is 3.06. The number of rotatable bonds is 10. The number of anilines is 1. The Morgan fingerprint density at radius 3 is 2.56 bits per heavy atom. The van der Waals surface area contributed by atoms with Gasteiger partial charge in [0.2, 0.25) is 5.91 Å². The van der Waals surface area contributed by atoms with Gasteiger partial charge in [0.15, 0.2) is 17.5 Å². The molecule has 1 aliphatic heterocycles. The van der Waals surface area contributed by atoms with E-state index in [4.69, 9.17) is 14.8 Å². The van der Waals surface area contributed by atoms with Gasteiger partial charge in [0.25, 0.3) is 5.91 Å². The molecule has 0 unspecified atom stereocenters. The maximum absolute atomic E-state index is 15.1. The Morgan fingerprint density at radius 2 is 1.97 bits per heavy atom. The standard InChI is InChI=1S/C20H23F3IN3O5/c1-11(2)20(30)27(31-3)10-12-8-13(19(29)26-32-7-6-28)18(17(23)16(12)22)25-15-4-5-24-9-14(15)21/h4-5,8-9,11,25,28H,6-7,10H2,1-3H3,(H,26,29). The fourth-order valence-corrected chi connectivity index (χ4v) is 3.98. The highest BCUT2D eigenvalue weighted by atomic mass is 127. The molecule has 0 spiro atoms. The minimum absolute atomic E-state index is 0.138. The first-order valence-electron chi connectivity index (χ1n) is 9.39. The van der Waals surface area contributed by atoms with Gasteiger partial charge >= 0.3 is 0 Å². The van der Waals surface area contributed by atoms with E-state index in [1.165, 1.54) is 17.2 Å². The molecule has 12 heteroatoms. The summed E-state index contributed by atoms with van der Waals surface area (Å²) in [6, 6.07) is 1.01. The molecule has 0 saturated heterocycles. The number of hydrogen-bond donors (Lipinski definition) is 3. The Morgan fingerprint density at radius 1 is 1.25 bits per heavy atom. The summed E-state index contributed by atoms with van der Waals surface area (Å²) in [7, 11) is 1.20. The third-order valence-corrected chi connectivity index (χ3v) is 5.82. The number of allylic oxidation sites excluding steroid dienone is 2. The second kappa shape index (κ2) is 12.1.